The summed E-state index contributed by atoms with van der Waals surface area (Å²) in [6.45, 7) is 5.94. The van der Waals surface area contributed by atoms with Crippen LogP contribution in [-0.4, -0.2) is 52.7 Å². The summed E-state index contributed by atoms with van der Waals surface area (Å²) in [6.07, 6.45) is 4.09. The summed E-state index contributed by atoms with van der Waals surface area (Å²) < 4.78 is 12.7. The quantitative estimate of drug-likeness (QED) is 0.547. The maximum atomic E-state index is 12.0. The van der Waals surface area contributed by atoms with Crippen molar-refractivity contribution >= 4 is 11.8 Å². The van der Waals surface area contributed by atoms with Crippen molar-refractivity contribution in [1.82, 2.24) is 14.9 Å². The van der Waals surface area contributed by atoms with Crippen LogP contribution in [0.5, 0.6) is 11.5 Å². The van der Waals surface area contributed by atoms with Gasteiger partial charge >= 0.3 is 5.97 Å². The van der Waals surface area contributed by atoms with Gasteiger partial charge in [0.2, 0.25) is 0 Å². The molecular weight excluding hydrogens is 386 g/mol. The molecule has 2 atom stereocenters. The van der Waals surface area contributed by atoms with Gasteiger partial charge in [-0.25, -0.2) is 4.98 Å². The van der Waals surface area contributed by atoms with Crippen LogP contribution in [0.15, 0.2) is 30.7 Å². The number of aliphatic carboxylic acids is 1. The number of rotatable bonds is 12. The Morgan fingerprint density at radius 3 is 2.50 bits per heavy atom. The first kappa shape index (κ1) is 23.4. The standard InChI is InChI=1S/C22H31N3O5/c1-14(2)9-18(15(3)26)24-19(22(27)28)10-17-11-23-13-25(17)12-16-7-6-8-20(29-4)21(16)30-5/h6-8,11,13-14,18-19,24H,9-10,12H2,1-5H3,(H,27,28)/t18?,19-/m0/s1. The van der Waals surface area contributed by atoms with E-state index in [9.17, 15) is 14.7 Å². The number of carboxylic acids is 1. The number of ketones is 1. The summed E-state index contributed by atoms with van der Waals surface area (Å²) in [5.41, 5.74) is 1.63. The summed E-state index contributed by atoms with van der Waals surface area (Å²) in [5.74, 6) is 0.453. The molecule has 0 radical (unpaired) electrons. The molecule has 164 valence electrons. The molecular formula is C22H31N3O5. The van der Waals surface area contributed by atoms with Crippen LogP contribution in [0.3, 0.4) is 0 Å². The van der Waals surface area contributed by atoms with Gasteiger partial charge in [-0.2, -0.15) is 0 Å². The monoisotopic (exact) mass is 417 g/mol. The maximum Gasteiger partial charge on any atom is 0.321 e. The Morgan fingerprint density at radius 2 is 1.93 bits per heavy atom. The van der Waals surface area contributed by atoms with E-state index in [4.69, 9.17) is 9.47 Å². The van der Waals surface area contributed by atoms with Crippen molar-refractivity contribution < 1.29 is 24.2 Å². The number of benzene rings is 1. The molecule has 0 spiro atoms. The van der Waals surface area contributed by atoms with Gasteiger partial charge in [-0.15, -0.1) is 0 Å². The van der Waals surface area contributed by atoms with Gasteiger partial charge in [0.25, 0.3) is 0 Å². The number of aromatic nitrogens is 2. The van der Waals surface area contributed by atoms with Crippen molar-refractivity contribution in [2.75, 3.05) is 14.2 Å². The molecule has 2 aromatic rings. The fraction of sp³-hybridized carbons (Fsp3) is 0.500. The number of hydrogen-bond donors (Lipinski definition) is 2. The molecule has 1 aromatic heterocycles. The Morgan fingerprint density at radius 1 is 1.20 bits per heavy atom. The molecule has 0 aliphatic heterocycles. The van der Waals surface area contributed by atoms with Crippen molar-refractivity contribution in [1.29, 1.82) is 0 Å². The summed E-state index contributed by atoms with van der Waals surface area (Å²) in [6, 6.07) is 4.21. The second kappa shape index (κ2) is 10.8. The molecule has 1 aromatic carbocycles. The van der Waals surface area contributed by atoms with E-state index in [1.807, 2.05) is 36.6 Å². The number of ether oxygens (including phenoxy) is 2. The van der Waals surface area contributed by atoms with Gasteiger partial charge in [0.15, 0.2) is 11.5 Å². The third-order valence-electron chi connectivity index (χ3n) is 4.94. The number of carbonyl (C=O) groups excluding carboxylic acids is 1. The number of hydrogen-bond acceptors (Lipinski definition) is 6. The Kier molecular flexibility index (Phi) is 8.41. The number of para-hydroxylation sites is 1. The largest absolute Gasteiger partial charge is 0.493 e. The van der Waals surface area contributed by atoms with E-state index in [-0.39, 0.29) is 18.1 Å². The van der Waals surface area contributed by atoms with E-state index in [0.29, 0.717) is 24.5 Å². The van der Waals surface area contributed by atoms with Crippen LogP contribution in [0.1, 0.15) is 38.4 Å². The van der Waals surface area contributed by atoms with E-state index in [0.717, 1.165) is 11.3 Å². The molecule has 8 nitrogen and oxygen atoms in total. The molecule has 0 saturated heterocycles. The van der Waals surface area contributed by atoms with Gasteiger partial charge < -0.3 is 19.1 Å². The smallest absolute Gasteiger partial charge is 0.321 e. The van der Waals surface area contributed by atoms with Gasteiger partial charge in [0, 0.05) is 23.9 Å². The van der Waals surface area contributed by atoms with Crippen LogP contribution in [0.2, 0.25) is 0 Å². The fourth-order valence-electron chi connectivity index (χ4n) is 3.41. The third kappa shape index (κ3) is 6.06. The lowest BCUT2D eigenvalue weighted by Crippen LogP contribution is -2.48. The second-order valence-electron chi connectivity index (χ2n) is 7.72. The number of imidazole rings is 1. The predicted molar refractivity (Wildman–Crippen MR) is 113 cm³/mol. The molecule has 1 heterocycles. The summed E-state index contributed by atoms with van der Waals surface area (Å²) in [5, 5.41) is 12.7. The van der Waals surface area contributed by atoms with Crippen LogP contribution < -0.4 is 14.8 Å². The lowest BCUT2D eigenvalue weighted by atomic mass is 9.99. The van der Waals surface area contributed by atoms with Gasteiger partial charge in [0.1, 0.15) is 11.8 Å². The maximum absolute atomic E-state index is 12.0. The Hall–Kier alpha value is -2.87. The second-order valence-corrected chi connectivity index (χ2v) is 7.72. The average molecular weight is 418 g/mol. The van der Waals surface area contributed by atoms with E-state index in [2.05, 4.69) is 10.3 Å². The molecule has 0 fully saturated rings. The molecule has 1 unspecified atom stereocenters. The molecule has 0 saturated carbocycles. The minimum absolute atomic E-state index is 0.0652. The number of nitrogens with zero attached hydrogens (tertiary/aromatic N) is 2. The number of carbonyl (C=O) groups is 2. The van der Waals surface area contributed by atoms with Crippen molar-refractivity contribution in [3.8, 4) is 11.5 Å². The number of carboxylic acid groups (broad SMARTS) is 1. The highest BCUT2D eigenvalue weighted by Gasteiger charge is 2.26. The van der Waals surface area contributed by atoms with Crippen molar-refractivity contribution in [3.05, 3.63) is 42.0 Å². The lowest BCUT2D eigenvalue weighted by molar-refractivity contribution is -0.139. The van der Waals surface area contributed by atoms with Crippen LogP contribution in [0.25, 0.3) is 0 Å². The van der Waals surface area contributed by atoms with Gasteiger partial charge in [-0.05, 0) is 25.3 Å². The molecule has 0 aliphatic rings. The molecule has 30 heavy (non-hydrogen) atoms. The predicted octanol–water partition coefficient (Wildman–Crippen LogP) is 2.54. The Labute approximate surface area is 177 Å². The Bertz CT molecular complexity index is 862. The van der Waals surface area contributed by atoms with Gasteiger partial charge in [-0.1, -0.05) is 26.0 Å². The Balaban J connectivity index is 2.22. The van der Waals surface area contributed by atoms with Gasteiger partial charge in [0.05, 0.1) is 33.1 Å². The van der Waals surface area contributed by atoms with E-state index < -0.39 is 18.1 Å². The minimum Gasteiger partial charge on any atom is -0.493 e. The SMILES string of the molecule is COc1cccc(Cn2cncc2C[C@H](NC(CC(C)C)C(C)=O)C(=O)O)c1OC. The highest BCUT2D eigenvalue weighted by atomic mass is 16.5. The van der Waals surface area contributed by atoms with Crippen molar-refractivity contribution in [3.63, 3.8) is 0 Å². The fourth-order valence-corrected chi connectivity index (χ4v) is 3.41. The highest BCUT2D eigenvalue weighted by molar-refractivity contribution is 5.83. The number of nitrogens with one attached hydrogen (secondary N) is 1. The molecule has 2 N–H and O–H groups in total. The van der Waals surface area contributed by atoms with Crippen LogP contribution in [-0.2, 0) is 22.6 Å². The average Bonchev–Trinajstić information content (AvgIpc) is 3.12. The van der Waals surface area contributed by atoms with E-state index in [1.165, 1.54) is 6.92 Å². The van der Waals surface area contributed by atoms with Crippen LogP contribution >= 0.6 is 0 Å². The normalized spacial score (nSPS) is 13.1. The van der Waals surface area contributed by atoms with E-state index >= 15 is 0 Å². The molecule has 0 bridgehead atoms. The first-order chi connectivity index (χ1) is 14.3. The number of methoxy groups -OCH3 is 2. The number of Topliss-reactive ketones (excluding diaryl/α,β-unsaturated/α-hetero) is 1. The van der Waals surface area contributed by atoms with Crippen molar-refractivity contribution in [2.45, 2.75) is 52.2 Å². The van der Waals surface area contributed by atoms with Crippen LogP contribution in [0.4, 0.5) is 0 Å². The van der Waals surface area contributed by atoms with E-state index in [1.54, 1.807) is 26.7 Å². The molecule has 0 aliphatic carbocycles. The summed E-state index contributed by atoms with van der Waals surface area (Å²) in [7, 11) is 3.16. The van der Waals surface area contributed by atoms with Crippen LogP contribution in [0, 0.1) is 5.92 Å². The first-order valence-electron chi connectivity index (χ1n) is 9.94. The third-order valence-corrected chi connectivity index (χ3v) is 4.94. The van der Waals surface area contributed by atoms with Gasteiger partial charge in [-0.3, -0.25) is 14.9 Å². The summed E-state index contributed by atoms with van der Waals surface area (Å²) in [4.78, 5) is 28.1. The van der Waals surface area contributed by atoms with Crippen molar-refractivity contribution in [2.24, 2.45) is 5.92 Å². The zero-order valence-corrected chi connectivity index (χ0v) is 18.2. The zero-order chi connectivity index (χ0) is 22.3. The minimum atomic E-state index is -1.00. The zero-order valence-electron chi connectivity index (χ0n) is 18.2. The molecule has 8 heteroatoms. The topological polar surface area (TPSA) is 103 Å². The molecule has 2 rings (SSSR count). The molecule has 0 amide bonds. The lowest BCUT2D eigenvalue weighted by Gasteiger charge is -2.23. The first-order valence-corrected chi connectivity index (χ1v) is 9.94. The summed E-state index contributed by atoms with van der Waals surface area (Å²) >= 11 is 0. The highest BCUT2D eigenvalue weighted by Crippen LogP contribution is 2.31.